The number of fused-ring (bicyclic) bond motifs is 9. The molecule has 0 saturated heterocycles. The van der Waals surface area contributed by atoms with Gasteiger partial charge >= 0.3 is 0 Å². The Morgan fingerprint density at radius 1 is 0.392 bits per heavy atom. The summed E-state index contributed by atoms with van der Waals surface area (Å²) in [5, 5.41) is 6.72. The molecule has 0 unspecified atom stereocenters. The van der Waals surface area contributed by atoms with E-state index in [-0.39, 0.29) is 13.0 Å². The van der Waals surface area contributed by atoms with Crippen LogP contribution in [0.15, 0.2) is 276 Å². The van der Waals surface area contributed by atoms with Gasteiger partial charge in [-0.3, -0.25) is 15.0 Å². The van der Waals surface area contributed by atoms with Crippen molar-refractivity contribution in [3.05, 3.63) is 368 Å². The van der Waals surface area contributed by atoms with E-state index < -0.39 is 6.08 Å². The SMILES string of the molecule is C=CCCCc1cccc(-c2nc(C)nc(C)n2)c1.C=CCCOc1cc2c(cc1C)oc1cc(C)c(OCCC=C)cc12.C=CCCOc1cc2c(cc1C)sc1cc(C)c(OCCC=C(F)F)cc12.C=CCCc1c(CC=C)c2cc(C)cnc2c2ncc(C)cc12.C=CCOc1nc(C)c(-c2ccc(C=C)cc2)nc1C.C=Cc1ccc(-c2cc(C)nc(C)c2)cc1. The maximum Gasteiger partial charge on any atom is 0.266 e. The third kappa shape index (κ3) is 27.1. The molecule has 15 aromatic rings. The Morgan fingerprint density at radius 3 is 1.35 bits per heavy atom. The summed E-state index contributed by atoms with van der Waals surface area (Å²) in [6.07, 6.45) is 28.5. The van der Waals surface area contributed by atoms with E-state index in [2.05, 4.69) is 205 Å². The van der Waals surface area contributed by atoms with E-state index in [1.54, 1.807) is 17.4 Å². The summed E-state index contributed by atoms with van der Waals surface area (Å²) in [5.41, 5.74) is 25.7. The predicted octanol–water partition coefficient (Wildman–Crippen LogP) is 30.2. The zero-order valence-corrected chi connectivity index (χ0v) is 78.3. The van der Waals surface area contributed by atoms with Crippen LogP contribution in [-0.2, 0) is 19.3 Å². The van der Waals surface area contributed by atoms with Gasteiger partial charge in [0.15, 0.2) is 5.82 Å². The molecule has 0 amide bonds. The minimum absolute atomic E-state index is 0.185. The number of hydrogen-bond acceptors (Lipinski definition) is 15. The lowest BCUT2D eigenvalue weighted by Gasteiger charge is -2.16. The number of rotatable bonds is 33. The van der Waals surface area contributed by atoms with Crippen LogP contribution in [0.25, 0.3) is 110 Å². The van der Waals surface area contributed by atoms with E-state index in [0.717, 1.165) is 221 Å². The number of hydrogen-bond donors (Lipinski definition) is 0. The lowest BCUT2D eigenvalue weighted by molar-refractivity contribution is 0.318. The van der Waals surface area contributed by atoms with Gasteiger partial charge in [0, 0.05) is 83.0 Å². The predicted molar refractivity (Wildman–Crippen MR) is 542 cm³/mol. The minimum Gasteiger partial charge on any atom is -0.493 e. The lowest BCUT2D eigenvalue weighted by atomic mass is 9.91. The van der Waals surface area contributed by atoms with Gasteiger partial charge in [0.05, 0.1) is 48.8 Å². The van der Waals surface area contributed by atoms with Gasteiger partial charge in [-0.15, -0.1) is 50.8 Å². The monoisotopic (exact) mass is 1750 g/mol. The summed E-state index contributed by atoms with van der Waals surface area (Å²) in [5.74, 6) is 6.21. The summed E-state index contributed by atoms with van der Waals surface area (Å²) in [4.78, 5) is 35.9. The quantitative estimate of drug-likeness (QED) is 0.0217. The van der Waals surface area contributed by atoms with Crippen LogP contribution in [0, 0.1) is 83.1 Å². The van der Waals surface area contributed by atoms with Crippen molar-refractivity contribution in [3.63, 3.8) is 0 Å². The van der Waals surface area contributed by atoms with Crippen LogP contribution in [0.2, 0.25) is 0 Å². The van der Waals surface area contributed by atoms with E-state index in [4.69, 9.17) is 33.1 Å². The Bertz CT molecular complexity index is 6460. The molecule has 0 radical (unpaired) electrons. The van der Waals surface area contributed by atoms with Crippen molar-refractivity contribution in [3.8, 4) is 62.7 Å². The number of allylic oxidation sites excluding steroid dienone is 3. The second kappa shape index (κ2) is 48.9. The molecule has 0 fully saturated rings. The van der Waals surface area contributed by atoms with Gasteiger partial charge in [-0.05, 0) is 298 Å². The first kappa shape index (κ1) is 98.3. The Morgan fingerprint density at radius 2 is 0.869 bits per heavy atom. The van der Waals surface area contributed by atoms with Crippen molar-refractivity contribution >= 4 is 87.4 Å². The molecule has 7 heterocycles. The summed E-state index contributed by atoms with van der Waals surface area (Å²) < 4.78 is 61.6. The molecule has 0 aliphatic rings. The molecular weight excluding hydrogens is 1640 g/mol. The summed E-state index contributed by atoms with van der Waals surface area (Å²) >= 11 is 1.73. The molecule has 17 heteroatoms. The van der Waals surface area contributed by atoms with Crippen LogP contribution >= 0.6 is 11.3 Å². The zero-order chi connectivity index (χ0) is 93.3. The lowest BCUT2D eigenvalue weighted by Crippen LogP contribution is -2.03. The minimum atomic E-state index is -1.67. The fourth-order valence-corrected chi connectivity index (χ4v) is 16.0. The van der Waals surface area contributed by atoms with Crippen LogP contribution in [0.3, 0.4) is 0 Å². The Balaban J connectivity index is 0.000000163. The van der Waals surface area contributed by atoms with E-state index in [1.165, 1.54) is 59.1 Å². The topological polar surface area (TPSA) is 162 Å². The largest absolute Gasteiger partial charge is 0.493 e. The summed E-state index contributed by atoms with van der Waals surface area (Å²) in [6.45, 7) is 60.3. The molecule has 8 aromatic carbocycles. The summed E-state index contributed by atoms with van der Waals surface area (Å²) in [7, 11) is 0. The highest BCUT2D eigenvalue weighted by molar-refractivity contribution is 7.25. The highest BCUT2D eigenvalue weighted by atomic mass is 32.1. The number of aromatic nitrogens is 8. The molecule has 14 nitrogen and oxygen atoms in total. The van der Waals surface area contributed by atoms with Gasteiger partial charge in [0.1, 0.15) is 58.1 Å². The molecule has 0 aliphatic heterocycles. The molecule has 130 heavy (non-hydrogen) atoms. The standard InChI is InChI=1S/C22H22F2O2S.C22H24O3.C21H22N2.C17H18N2O.C16H19N3.C15H15N/c1-4-5-8-25-18-12-16-17-13-19(26-9-6-7-22(23)24)15(3)11-21(17)27-20(16)10-14(18)2;1-5-7-9-23-19-13-17-18-14-20(24-10-8-6-2)16(4)12-22(18)25-21(17)11-15(19)3;1-5-7-9-17-16(8-6-2)18-10-14(3)12-22-20(18)21-19(17)11-15(4)13-23-21;1-5-11-20-17-13(4)18-16(12(3)19-17)15-9-7-14(6-2)8-10-15;1-4-5-6-8-14-9-7-10-15(11-14)16-18-12(2)17-13(3)19-16;1-4-13-5-7-14(8-6-13)15-9-11(2)16-12(3)10-15/h4,7,10-13H,1,5-6,8-9H2,2-3H3;5-6,11-14H,1-2,7-10H2,3-4H3;5-6,10-13H,1-2,7-9H2,3-4H3;5-10H,1-2,11H2,3-4H3;4,7,9-11H,1,5-6,8H2,2-3H3;4-10H,1H2,2-3H3. The number of benzene rings is 8. The van der Waals surface area contributed by atoms with Crippen molar-refractivity contribution in [1.29, 1.82) is 0 Å². The molecule has 0 N–H and O–H groups in total. The first-order valence-corrected chi connectivity index (χ1v) is 44.7. The van der Waals surface area contributed by atoms with Gasteiger partial charge in [0.25, 0.3) is 6.08 Å². The Labute approximate surface area is 769 Å². The number of furan rings is 1. The highest BCUT2D eigenvalue weighted by Gasteiger charge is 2.20. The average Bonchev–Trinajstić information content (AvgIpc) is 1.24. The van der Waals surface area contributed by atoms with E-state index in [1.807, 2.05) is 179 Å². The van der Waals surface area contributed by atoms with E-state index >= 15 is 0 Å². The normalized spacial score (nSPS) is 10.7. The third-order valence-electron chi connectivity index (χ3n) is 21.2. The number of pyridine rings is 3. The van der Waals surface area contributed by atoms with Crippen molar-refractivity contribution in [2.24, 2.45) is 0 Å². The van der Waals surface area contributed by atoms with Crippen molar-refractivity contribution < 1.29 is 36.9 Å². The molecule has 0 spiro atoms. The van der Waals surface area contributed by atoms with Gasteiger partial charge < -0.3 is 28.1 Å². The molecular formula is C113H120F2N8O6S. The maximum atomic E-state index is 12.2. The van der Waals surface area contributed by atoms with Crippen LogP contribution in [0.4, 0.5) is 8.78 Å². The molecule has 0 bridgehead atoms. The second-order valence-corrected chi connectivity index (χ2v) is 32.8. The van der Waals surface area contributed by atoms with Gasteiger partial charge in [-0.1, -0.05) is 141 Å². The van der Waals surface area contributed by atoms with Crippen molar-refractivity contribution in [2.75, 3.05) is 33.0 Å². The number of ether oxygens (including phenoxy) is 5. The average molecular weight is 1760 g/mol. The van der Waals surface area contributed by atoms with Crippen molar-refractivity contribution in [2.45, 2.75) is 147 Å². The van der Waals surface area contributed by atoms with Gasteiger partial charge in [0.2, 0.25) is 5.88 Å². The molecule has 0 aliphatic carbocycles. The van der Waals surface area contributed by atoms with Crippen LogP contribution in [0.1, 0.15) is 141 Å². The number of thiophene rings is 1. The van der Waals surface area contributed by atoms with E-state index in [9.17, 15) is 8.78 Å². The van der Waals surface area contributed by atoms with Crippen LogP contribution < -0.4 is 23.7 Å². The highest BCUT2D eigenvalue weighted by Crippen LogP contribution is 2.42. The number of nitrogens with zero attached hydrogens (tertiary/aromatic N) is 8. The first-order chi connectivity index (χ1) is 62.8. The molecule has 668 valence electrons. The zero-order valence-electron chi connectivity index (χ0n) is 77.4. The van der Waals surface area contributed by atoms with Crippen LogP contribution in [-0.4, -0.2) is 72.9 Å². The number of halogens is 2. The third-order valence-corrected chi connectivity index (χ3v) is 22.3. The summed E-state index contributed by atoms with van der Waals surface area (Å²) in [6, 6.07) is 50.1. The Hall–Kier alpha value is -13.9. The van der Waals surface area contributed by atoms with Crippen LogP contribution in [0.5, 0.6) is 28.9 Å². The van der Waals surface area contributed by atoms with Crippen molar-refractivity contribution in [1.82, 2.24) is 39.9 Å². The maximum absolute atomic E-state index is 12.2. The van der Waals surface area contributed by atoms with Gasteiger partial charge in [-0.25, -0.2) is 24.9 Å². The number of unbranched alkanes of at least 4 members (excludes halogenated alkanes) is 1. The smallest absolute Gasteiger partial charge is 0.266 e. The fraction of sp³-hybridized carbons (Fsp3) is 0.239. The number of aryl methyl sites for hydroxylation is 14. The molecule has 0 saturated carbocycles. The second-order valence-electron chi connectivity index (χ2n) is 31.7. The van der Waals surface area contributed by atoms with E-state index in [0.29, 0.717) is 32.3 Å². The van der Waals surface area contributed by atoms with Gasteiger partial charge in [-0.2, -0.15) is 8.78 Å². The Kier molecular flexibility index (Phi) is 36.9. The molecule has 15 rings (SSSR count). The molecule has 7 aromatic heterocycles. The fourth-order valence-electron chi connectivity index (χ4n) is 14.8. The molecule has 0 atom stereocenters. The first-order valence-electron chi connectivity index (χ1n) is 43.9.